The quantitative estimate of drug-likeness (QED) is 0.527. The Morgan fingerprint density at radius 2 is 2.04 bits per heavy atom. The van der Waals surface area contributed by atoms with Crippen LogP contribution < -0.4 is 10.4 Å². The Balaban J connectivity index is 1.94. The van der Waals surface area contributed by atoms with Crippen molar-refractivity contribution in [3.63, 3.8) is 0 Å². The molecule has 0 aliphatic heterocycles. The number of carbonyl (C=O) groups is 1. The van der Waals surface area contributed by atoms with Crippen LogP contribution in [0.1, 0.15) is 23.1 Å². The number of benzene rings is 2. The third-order valence-corrected chi connectivity index (χ3v) is 5.34. The number of aryl methyl sites for hydroxylation is 1. The first-order valence-corrected chi connectivity index (χ1v) is 9.37. The average molecular weight is 452 g/mol. The van der Waals surface area contributed by atoms with E-state index in [1.807, 2.05) is 24.3 Å². The number of carboxylic acids is 1. The number of hydrogen-bond acceptors (Lipinski definition) is 4. The van der Waals surface area contributed by atoms with E-state index in [0.29, 0.717) is 39.5 Å². The molecule has 2 aromatic carbocycles. The first-order valence-electron chi connectivity index (χ1n) is 8.20. The Kier molecular flexibility index (Phi) is 5.87. The van der Waals surface area contributed by atoms with Gasteiger partial charge in [0.2, 0.25) is 0 Å². The molecule has 0 bridgehead atoms. The van der Waals surface area contributed by atoms with Crippen LogP contribution in [0.4, 0.5) is 0 Å². The molecule has 0 spiro atoms. The fourth-order valence-corrected chi connectivity index (χ4v) is 3.41. The molecule has 140 valence electrons. The predicted molar refractivity (Wildman–Crippen MR) is 107 cm³/mol. The largest absolute Gasteiger partial charge is 0.487 e. The van der Waals surface area contributed by atoms with E-state index >= 15 is 0 Å². The predicted octanol–water partition coefficient (Wildman–Crippen LogP) is 5.11. The van der Waals surface area contributed by atoms with Gasteiger partial charge in [-0.05, 0) is 31.0 Å². The summed E-state index contributed by atoms with van der Waals surface area (Å²) in [6.07, 6.45) is -0.0324. The van der Waals surface area contributed by atoms with Gasteiger partial charge in [0.25, 0.3) is 0 Å². The molecule has 7 heteroatoms. The molecule has 1 N–H and O–H groups in total. The molecule has 0 saturated heterocycles. The van der Waals surface area contributed by atoms with E-state index in [4.69, 9.17) is 25.9 Å². The maximum Gasteiger partial charge on any atom is 0.339 e. The van der Waals surface area contributed by atoms with Crippen LogP contribution in [0.3, 0.4) is 0 Å². The Morgan fingerprint density at radius 1 is 1.30 bits per heavy atom. The number of halogens is 2. The lowest BCUT2D eigenvalue weighted by atomic mass is 10.0. The van der Waals surface area contributed by atoms with Gasteiger partial charge in [0.15, 0.2) is 0 Å². The van der Waals surface area contributed by atoms with E-state index in [-0.39, 0.29) is 12.8 Å². The van der Waals surface area contributed by atoms with E-state index in [0.717, 1.165) is 10.0 Å². The van der Waals surface area contributed by atoms with E-state index in [2.05, 4.69) is 15.9 Å². The van der Waals surface area contributed by atoms with E-state index in [1.54, 1.807) is 19.1 Å². The third kappa shape index (κ3) is 4.34. The van der Waals surface area contributed by atoms with Gasteiger partial charge in [0.1, 0.15) is 17.9 Å². The van der Waals surface area contributed by atoms with Gasteiger partial charge >= 0.3 is 11.6 Å². The van der Waals surface area contributed by atoms with Crippen LogP contribution in [0, 0.1) is 6.92 Å². The molecule has 0 atom stereocenters. The van der Waals surface area contributed by atoms with Crippen LogP contribution in [0.5, 0.6) is 5.75 Å². The van der Waals surface area contributed by atoms with Crippen molar-refractivity contribution in [1.29, 1.82) is 0 Å². The summed E-state index contributed by atoms with van der Waals surface area (Å²) in [6.45, 7) is 2.06. The van der Waals surface area contributed by atoms with Crippen molar-refractivity contribution < 1.29 is 19.1 Å². The van der Waals surface area contributed by atoms with Crippen molar-refractivity contribution in [2.45, 2.75) is 26.4 Å². The molecule has 3 aromatic rings. The summed E-state index contributed by atoms with van der Waals surface area (Å²) in [7, 11) is 0. The monoisotopic (exact) mass is 450 g/mol. The summed E-state index contributed by atoms with van der Waals surface area (Å²) in [4.78, 5) is 23.0. The summed E-state index contributed by atoms with van der Waals surface area (Å²) >= 11 is 9.82. The molecule has 0 amide bonds. The summed E-state index contributed by atoms with van der Waals surface area (Å²) in [6, 6.07) is 10.9. The number of carboxylic acid groups (broad SMARTS) is 1. The fourth-order valence-electron chi connectivity index (χ4n) is 2.79. The van der Waals surface area contributed by atoms with Crippen LogP contribution in [0.25, 0.3) is 11.0 Å². The number of ether oxygens (including phenoxy) is 1. The normalized spacial score (nSPS) is 10.9. The molecule has 0 unspecified atom stereocenters. The lowest BCUT2D eigenvalue weighted by Gasteiger charge is -2.12. The molecule has 0 radical (unpaired) electrons. The van der Waals surface area contributed by atoms with Gasteiger partial charge in [0, 0.05) is 33.5 Å². The standard InChI is InChI=1S/C20H16BrClO5/c1-11-13(6-7-19(23)24)20(25)27-17-9-18(16(22)8-14(11)17)26-10-12-4-2-3-5-15(12)21/h2-5,8-9H,6-7,10H2,1H3,(H,23,24). The highest BCUT2D eigenvalue weighted by molar-refractivity contribution is 9.10. The minimum absolute atomic E-state index is 0.108. The van der Waals surface area contributed by atoms with Crippen LogP contribution in [0.15, 0.2) is 50.1 Å². The molecule has 3 rings (SSSR count). The van der Waals surface area contributed by atoms with Crippen molar-refractivity contribution in [3.8, 4) is 5.75 Å². The minimum Gasteiger partial charge on any atom is -0.487 e. The fraction of sp³-hybridized carbons (Fsp3) is 0.200. The Morgan fingerprint density at radius 3 is 2.74 bits per heavy atom. The summed E-state index contributed by atoms with van der Waals surface area (Å²) in [5.41, 5.74) is 1.78. The van der Waals surface area contributed by atoms with Crippen molar-refractivity contribution in [1.82, 2.24) is 0 Å². The lowest BCUT2D eigenvalue weighted by molar-refractivity contribution is -0.136. The van der Waals surface area contributed by atoms with Gasteiger partial charge in [-0.3, -0.25) is 4.79 Å². The van der Waals surface area contributed by atoms with Gasteiger partial charge in [-0.15, -0.1) is 0 Å². The topological polar surface area (TPSA) is 76.7 Å². The molecule has 1 heterocycles. The smallest absolute Gasteiger partial charge is 0.339 e. The second kappa shape index (κ2) is 8.15. The second-order valence-corrected chi connectivity index (χ2v) is 7.31. The first-order chi connectivity index (χ1) is 12.9. The van der Waals surface area contributed by atoms with Crippen LogP contribution >= 0.6 is 27.5 Å². The van der Waals surface area contributed by atoms with Gasteiger partial charge in [0.05, 0.1) is 5.02 Å². The van der Waals surface area contributed by atoms with Crippen LogP contribution in [-0.4, -0.2) is 11.1 Å². The minimum atomic E-state index is -0.970. The van der Waals surface area contributed by atoms with E-state index < -0.39 is 11.6 Å². The van der Waals surface area contributed by atoms with E-state index in [9.17, 15) is 9.59 Å². The second-order valence-electron chi connectivity index (χ2n) is 6.05. The maximum absolute atomic E-state index is 12.2. The van der Waals surface area contributed by atoms with Gasteiger partial charge in [-0.1, -0.05) is 45.7 Å². The van der Waals surface area contributed by atoms with Gasteiger partial charge in [-0.25, -0.2) is 4.79 Å². The Hall–Kier alpha value is -2.31. The zero-order chi connectivity index (χ0) is 19.6. The van der Waals surface area contributed by atoms with E-state index in [1.165, 1.54) is 0 Å². The number of aliphatic carboxylic acids is 1. The van der Waals surface area contributed by atoms with Gasteiger partial charge < -0.3 is 14.3 Å². The molecule has 5 nitrogen and oxygen atoms in total. The average Bonchev–Trinajstić information content (AvgIpc) is 2.61. The van der Waals surface area contributed by atoms with Gasteiger partial charge in [-0.2, -0.15) is 0 Å². The van der Waals surface area contributed by atoms with Crippen molar-refractivity contribution >= 4 is 44.5 Å². The Labute approximate surface area is 168 Å². The molecule has 1 aromatic heterocycles. The zero-order valence-electron chi connectivity index (χ0n) is 14.4. The van der Waals surface area contributed by atoms with Crippen LogP contribution in [0.2, 0.25) is 5.02 Å². The molecular weight excluding hydrogens is 436 g/mol. The summed E-state index contributed by atoms with van der Waals surface area (Å²) < 4.78 is 12.1. The summed E-state index contributed by atoms with van der Waals surface area (Å²) in [5.74, 6) is -0.566. The number of rotatable bonds is 6. The summed E-state index contributed by atoms with van der Waals surface area (Å²) in [5, 5.41) is 9.89. The van der Waals surface area contributed by atoms with Crippen molar-refractivity contribution in [2.75, 3.05) is 0 Å². The molecule has 0 saturated carbocycles. The molecule has 0 aliphatic rings. The third-order valence-electron chi connectivity index (χ3n) is 4.27. The SMILES string of the molecule is Cc1c(CCC(=O)O)c(=O)oc2cc(OCc3ccccc3Br)c(Cl)cc12. The molecule has 0 fully saturated rings. The first kappa shape index (κ1) is 19.5. The van der Waals surface area contributed by atoms with Crippen LogP contribution in [-0.2, 0) is 17.8 Å². The van der Waals surface area contributed by atoms with Crippen molar-refractivity contribution in [2.24, 2.45) is 0 Å². The number of hydrogen-bond donors (Lipinski definition) is 1. The Bertz CT molecular complexity index is 1070. The van der Waals surface area contributed by atoms with Crippen molar-refractivity contribution in [3.05, 3.63) is 73.0 Å². The highest BCUT2D eigenvalue weighted by Gasteiger charge is 2.15. The number of fused-ring (bicyclic) bond motifs is 1. The molecule has 0 aliphatic carbocycles. The molecular formula is C20H16BrClO5. The zero-order valence-corrected chi connectivity index (χ0v) is 16.8. The highest BCUT2D eigenvalue weighted by Crippen LogP contribution is 2.33. The lowest BCUT2D eigenvalue weighted by Crippen LogP contribution is -2.12. The molecule has 27 heavy (non-hydrogen) atoms. The maximum atomic E-state index is 12.2. The highest BCUT2D eigenvalue weighted by atomic mass is 79.9.